The quantitative estimate of drug-likeness (QED) is 0.286. The maximum absolute atomic E-state index is 6.13. The molecule has 0 saturated carbocycles. The Morgan fingerprint density at radius 1 is 1.03 bits per heavy atom. The van der Waals surface area contributed by atoms with Crippen molar-refractivity contribution in [2.75, 3.05) is 0 Å². The van der Waals surface area contributed by atoms with Gasteiger partial charge >= 0.3 is 0 Å². The molecule has 4 aromatic rings. The SMILES string of the molecule is CC(Oc1ccc(C(C)(C)C)cc1)c1nnc(SCc2csc(-c3ccccc3)n2)n1C. The van der Waals surface area contributed by atoms with Gasteiger partial charge in [0.2, 0.25) is 0 Å². The van der Waals surface area contributed by atoms with Crippen LogP contribution in [0.2, 0.25) is 0 Å². The van der Waals surface area contributed by atoms with E-state index in [9.17, 15) is 0 Å². The second-order valence-electron chi connectivity index (χ2n) is 8.73. The largest absolute Gasteiger partial charge is 0.483 e. The van der Waals surface area contributed by atoms with Crippen LogP contribution in [0.1, 0.15) is 50.9 Å². The van der Waals surface area contributed by atoms with Gasteiger partial charge in [-0.25, -0.2) is 4.98 Å². The fourth-order valence-electron chi connectivity index (χ4n) is 3.32. The highest BCUT2D eigenvalue weighted by atomic mass is 32.2. The lowest BCUT2D eigenvalue weighted by atomic mass is 9.87. The van der Waals surface area contributed by atoms with Crippen molar-refractivity contribution < 1.29 is 4.74 Å². The molecule has 0 amide bonds. The Bertz CT molecular complexity index is 1160. The first-order valence-electron chi connectivity index (χ1n) is 10.6. The molecule has 5 nitrogen and oxygen atoms in total. The molecule has 0 aliphatic heterocycles. The molecule has 2 aromatic heterocycles. The highest BCUT2D eigenvalue weighted by Crippen LogP contribution is 2.29. The second kappa shape index (κ2) is 9.46. The van der Waals surface area contributed by atoms with Crippen LogP contribution in [0.3, 0.4) is 0 Å². The first kappa shape index (κ1) is 22.6. The van der Waals surface area contributed by atoms with E-state index in [2.05, 4.69) is 60.6 Å². The molecule has 1 atom stereocenters. The molecule has 0 aliphatic rings. The third kappa shape index (κ3) is 5.22. The fraction of sp³-hybridized carbons (Fsp3) is 0.320. The maximum atomic E-state index is 6.13. The number of rotatable bonds is 7. The van der Waals surface area contributed by atoms with Crippen molar-refractivity contribution in [3.63, 3.8) is 0 Å². The zero-order valence-electron chi connectivity index (χ0n) is 19.1. The van der Waals surface area contributed by atoms with Crippen LogP contribution in [0.4, 0.5) is 0 Å². The number of benzene rings is 2. The number of hydrogen-bond donors (Lipinski definition) is 0. The lowest BCUT2D eigenvalue weighted by molar-refractivity contribution is 0.211. The Balaban J connectivity index is 1.38. The van der Waals surface area contributed by atoms with E-state index in [0.29, 0.717) is 0 Å². The van der Waals surface area contributed by atoms with E-state index in [1.807, 2.05) is 48.9 Å². The molecule has 2 heterocycles. The van der Waals surface area contributed by atoms with Gasteiger partial charge in [0.15, 0.2) is 17.1 Å². The summed E-state index contributed by atoms with van der Waals surface area (Å²) < 4.78 is 8.14. The minimum atomic E-state index is -0.203. The third-order valence-electron chi connectivity index (χ3n) is 5.19. The average Bonchev–Trinajstić information content (AvgIpc) is 3.39. The van der Waals surface area contributed by atoms with Gasteiger partial charge in [-0.2, -0.15) is 0 Å². The number of hydrogen-bond acceptors (Lipinski definition) is 6. The molecular weight excluding hydrogens is 436 g/mol. The zero-order valence-corrected chi connectivity index (χ0v) is 20.7. The fourth-order valence-corrected chi connectivity index (χ4v) is 5.06. The molecule has 0 fully saturated rings. The smallest absolute Gasteiger partial charge is 0.191 e. The number of thiazole rings is 1. The Morgan fingerprint density at radius 3 is 2.44 bits per heavy atom. The summed E-state index contributed by atoms with van der Waals surface area (Å²) in [6, 6.07) is 18.6. The topological polar surface area (TPSA) is 52.8 Å². The predicted octanol–water partition coefficient (Wildman–Crippen LogP) is 6.67. The average molecular weight is 465 g/mol. The van der Waals surface area contributed by atoms with Crippen molar-refractivity contribution in [2.24, 2.45) is 7.05 Å². The van der Waals surface area contributed by atoms with E-state index in [1.54, 1.807) is 23.1 Å². The van der Waals surface area contributed by atoms with Crippen molar-refractivity contribution >= 4 is 23.1 Å². The molecule has 32 heavy (non-hydrogen) atoms. The van der Waals surface area contributed by atoms with Crippen molar-refractivity contribution in [1.29, 1.82) is 0 Å². The number of ether oxygens (including phenoxy) is 1. The molecule has 0 saturated heterocycles. The van der Waals surface area contributed by atoms with Crippen LogP contribution in [0.15, 0.2) is 65.1 Å². The van der Waals surface area contributed by atoms with Crippen LogP contribution in [0.25, 0.3) is 10.6 Å². The van der Waals surface area contributed by atoms with E-state index < -0.39 is 0 Å². The highest BCUT2D eigenvalue weighted by molar-refractivity contribution is 7.98. The predicted molar refractivity (Wildman–Crippen MR) is 132 cm³/mol. The van der Waals surface area contributed by atoms with Gasteiger partial charge in [0, 0.05) is 23.7 Å². The Labute approximate surface area is 197 Å². The van der Waals surface area contributed by atoms with Gasteiger partial charge in [0.05, 0.1) is 5.69 Å². The van der Waals surface area contributed by atoms with Gasteiger partial charge in [-0.1, -0.05) is 75.0 Å². The summed E-state index contributed by atoms with van der Waals surface area (Å²) in [6.07, 6.45) is -0.203. The zero-order chi connectivity index (χ0) is 22.7. The molecule has 0 N–H and O–H groups in total. The molecular formula is C25H28N4OS2. The van der Waals surface area contributed by atoms with Gasteiger partial charge in [-0.05, 0) is 30.0 Å². The molecule has 7 heteroatoms. The van der Waals surface area contributed by atoms with E-state index in [0.717, 1.165) is 38.7 Å². The van der Waals surface area contributed by atoms with E-state index in [1.165, 1.54) is 5.56 Å². The Morgan fingerprint density at radius 2 is 1.75 bits per heavy atom. The van der Waals surface area contributed by atoms with Crippen molar-refractivity contribution in [2.45, 2.75) is 50.1 Å². The van der Waals surface area contributed by atoms with Gasteiger partial charge in [-0.15, -0.1) is 21.5 Å². The molecule has 0 aliphatic carbocycles. The molecule has 0 bridgehead atoms. The van der Waals surface area contributed by atoms with Crippen LogP contribution < -0.4 is 4.74 Å². The summed E-state index contributed by atoms with van der Waals surface area (Å²) in [7, 11) is 1.98. The van der Waals surface area contributed by atoms with Gasteiger partial charge in [0.1, 0.15) is 10.8 Å². The van der Waals surface area contributed by atoms with Crippen LogP contribution in [-0.2, 0) is 18.2 Å². The minimum absolute atomic E-state index is 0.124. The monoisotopic (exact) mass is 464 g/mol. The van der Waals surface area contributed by atoms with Crippen LogP contribution in [0.5, 0.6) is 5.75 Å². The summed E-state index contributed by atoms with van der Waals surface area (Å²) in [5, 5.41) is 12.8. The molecule has 0 spiro atoms. The van der Waals surface area contributed by atoms with Crippen LogP contribution in [-0.4, -0.2) is 19.7 Å². The Kier molecular flexibility index (Phi) is 6.67. The number of aromatic nitrogens is 4. The lowest BCUT2D eigenvalue weighted by Gasteiger charge is -2.20. The highest BCUT2D eigenvalue weighted by Gasteiger charge is 2.19. The van der Waals surface area contributed by atoms with Crippen LogP contribution in [0, 0.1) is 0 Å². The van der Waals surface area contributed by atoms with Crippen molar-refractivity contribution in [1.82, 2.24) is 19.7 Å². The summed E-state index contributed by atoms with van der Waals surface area (Å²) >= 11 is 3.30. The van der Waals surface area contributed by atoms with E-state index in [4.69, 9.17) is 9.72 Å². The van der Waals surface area contributed by atoms with Gasteiger partial charge in [0.25, 0.3) is 0 Å². The molecule has 1 unspecified atom stereocenters. The summed E-state index contributed by atoms with van der Waals surface area (Å²) in [6.45, 7) is 8.62. The van der Waals surface area contributed by atoms with Crippen molar-refractivity contribution in [3.05, 3.63) is 77.1 Å². The normalized spacial score (nSPS) is 12.7. The summed E-state index contributed by atoms with van der Waals surface area (Å²) in [4.78, 5) is 4.76. The molecule has 0 radical (unpaired) electrons. The maximum Gasteiger partial charge on any atom is 0.191 e. The van der Waals surface area contributed by atoms with E-state index in [-0.39, 0.29) is 11.5 Å². The van der Waals surface area contributed by atoms with Crippen LogP contribution >= 0.6 is 23.1 Å². The van der Waals surface area contributed by atoms with Crippen molar-refractivity contribution in [3.8, 4) is 16.3 Å². The number of nitrogens with zero attached hydrogens (tertiary/aromatic N) is 4. The Hall–Kier alpha value is -2.64. The first-order valence-corrected chi connectivity index (χ1v) is 12.5. The second-order valence-corrected chi connectivity index (χ2v) is 10.5. The summed E-state index contributed by atoms with van der Waals surface area (Å²) in [5.74, 6) is 2.38. The standard InChI is InChI=1S/C25H28N4OS2/c1-17(30-21-13-11-19(12-14-21)25(2,3)4)22-27-28-24(29(22)5)32-16-20-15-31-23(26-20)18-9-7-6-8-10-18/h6-15,17H,16H2,1-5H3. The number of thioether (sulfide) groups is 1. The third-order valence-corrected chi connectivity index (χ3v) is 7.18. The van der Waals surface area contributed by atoms with Gasteiger partial charge < -0.3 is 9.30 Å². The summed E-state index contributed by atoms with van der Waals surface area (Å²) in [5.41, 5.74) is 3.61. The molecule has 166 valence electrons. The molecule has 4 rings (SSSR count). The van der Waals surface area contributed by atoms with E-state index >= 15 is 0 Å². The first-order chi connectivity index (χ1) is 15.3. The molecule has 2 aromatic carbocycles. The lowest BCUT2D eigenvalue weighted by Crippen LogP contribution is -2.12. The minimum Gasteiger partial charge on any atom is -0.483 e. The van der Waals surface area contributed by atoms with Gasteiger partial charge in [-0.3, -0.25) is 0 Å².